The lowest BCUT2D eigenvalue weighted by Gasteiger charge is -2.16. The standard InChI is InChI=1S/C14H23NO4S2/c1-4-20-10-11(2)15-21(17,18)14-6-5-13(19-3)9-12(14)7-8-16/h5-6,9,11,15-16H,4,7-8,10H2,1-3H3. The first-order valence-corrected chi connectivity index (χ1v) is 9.46. The minimum absolute atomic E-state index is 0.114. The number of nitrogens with one attached hydrogen (secondary N) is 1. The Morgan fingerprint density at radius 3 is 2.71 bits per heavy atom. The fraction of sp³-hybridized carbons (Fsp3) is 0.571. The SMILES string of the molecule is CCSCC(C)NS(=O)(=O)c1ccc(OC)cc1CCO. The van der Waals surface area contributed by atoms with Gasteiger partial charge in [0.2, 0.25) is 10.0 Å². The zero-order valence-corrected chi connectivity index (χ0v) is 14.3. The molecule has 21 heavy (non-hydrogen) atoms. The number of aliphatic hydroxyl groups is 1. The first-order chi connectivity index (χ1) is 9.94. The molecule has 0 aliphatic carbocycles. The van der Waals surface area contributed by atoms with Gasteiger partial charge in [0.15, 0.2) is 0 Å². The van der Waals surface area contributed by atoms with Gasteiger partial charge >= 0.3 is 0 Å². The third kappa shape index (κ3) is 5.50. The van der Waals surface area contributed by atoms with E-state index in [9.17, 15) is 8.42 Å². The van der Waals surface area contributed by atoms with E-state index in [1.165, 1.54) is 13.2 Å². The number of hydrogen-bond acceptors (Lipinski definition) is 5. The molecule has 0 fully saturated rings. The van der Waals surface area contributed by atoms with Crippen LogP contribution >= 0.6 is 11.8 Å². The van der Waals surface area contributed by atoms with E-state index in [1.54, 1.807) is 23.9 Å². The maximum atomic E-state index is 12.5. The number of ether oxygens (including phenoxy) is 1. The third-order valence-electron chi connectivity index (χ3n) is 2.87. The van der Waals surface area contributed by atoms with Crippen LogP contribution in [0.2, 0.25) is 0 Å². The molecule has 7 heteroatoms. The summed E-state index contributed by atoms with van der Waals surface area (Å²) in [5.74, 6) is 2.25. The molecular formula is C14H23NO4S2. The van der Waals surface area contributed by atoms with Gasteiger partial charge in [-0.15, -0.1) is 0 Å². The molecule has 1 unspecified atom stereocenters. The van der Waals surface area contributed by atoms with Crippen LogP contribution in [0.3, 0.4) is 0 Å². The molecule has 0 saturated carbocycles. The fourth-order valence-electron chi connectivity index (χ4n) is 1.92. The van der Waals surface area contributed by atoms with Gasteiger partial charge in [0, 0.05) is 18.4 Å². The molecule has 0 saturated heterocycles. The molecule has 5 nitrogen and oxygen atoms in total. The number of sulfonamides is 1. The molecule has 0 heterocycles. The predicted octanol–water partition coefficient (Wildman–Crippen LogP) is 1.65. The number of benzene rings is 1. The van der Waals surface area contributed by atoms with Crippen molar-refractivity contribution in [1.29, 1.82) is 0 Å². The molecule has 0 aliphatic rings. The molecule has 0 aromatic heterocycles. The summed E-state index contributed by atoms with van der Waals surface area (Å²) in [6.45, 7) is 3.76. The Kier molecular flexibility index (Phi) is 7.51. The maximum absolute atomic E-state index is 12.5. The molecular weight excluding hydrogens is 310 g/mol. The van der Waals surface area contributed by atoms with E-state index in [4.69, 9.17) is 9.84 Å². The van der Waals surface area contributed by atoms with Gasteiger partial charge in [0.25, 0.3) is 0 Å². The Morgan fingerprint density at radius 1 is 1.43 bits per heavy atom. The second-order valence-corrected chi connectivity index (χ2v) is 7.63. The van der Waals surface area contributed by atoms with Crippen LogP contribution in [0.1, 0.15) is 19.4 Å². The van der Waals surface area contributed by atoms with Crippen molar-refractivity contribution in [1.82, 2.24) is 4.72 Å². The van der Waals surface area contributed by atoms with Crippen molar-refractivity contribution in [2.24, 2.45) is 0 Å². The summed E-state index contributed by atoms with van der Waals surface area (Å²) < 4.78 is 32.7. The van der Waals surface area contributed by atoms with E-state index in [0.29, 0.717) is 11.3 Å². The largest absolute Gasteiger partial charge is 0.497 e. The van der Waals surface area contributed by atoms with Gasteiger partial charge in [-0.2, -0.15) is 11.8 Å². The van der Waals surface area contributed by atoms with E-state index >= 15 is 0 Å². The fourth-order valence-corrected chi connectivity index (χ4v) is 4.19. The first kappa shape index (κ1) is 18.3. The average molecular weight is 333 g/mol. The highest BCUT2D eigenvalue weighted by atomic mass is 32.2. The van der Waals surface area contributed by atoms with Crippen molar-refractivity contribution < 1.29 is 18.3 Å². The van der Waals surface area contributed by atoms with Crippen molar-refractivity contribution in [2.75, 3.05) is 25.2 Å². The van der Waals surface area contributed by atoms with Crippen LogP contribution < -0.4 is 9.46 Å². The molecule has 1 rings (SSSR count). The number of hydrogen-bond donors (Lipinski definition) is 2. The van der Waals surface area contributed by atoms with E-state index in [2.05, 4.69) is 4.72 Å². The molecule has 0 aliphatic heterocycles. The smallest absolute Gasteiger partial charge is 0.241 e. The summed E-state index contributed by atoms with van der Waals surface area (Å²) >= 11 is 1.69. The summed E-state index contributed by atoms with van der Waals surface area (Å²) in [6, 6.07) is 4.63. The highest BCUT2D eigenvalue weighted by Gasteiger charge is 2.21. The van der Waals surface area contributed by atoms with Crippen LogP contribution in [0.4, 0.5) is 0 Å². The van der Waals surface area contributed by atoms with E-state index in [1.807, 2.05) is 13.8 Å². The van der Waals surface area contributed by atoms with Gasteiger partial charge in [-0.1, -0.05) is 6.92 Å². The van der Waals surface area contributed by atoms with Crippen molar-refractivity contribution in [3.8, 4) is 5.75 Å². The topological polar surface area (TPSA) is 75.6 Å². The minimum Gasteiger partial charge on any atom is -0.497 e. The number of aliphatic hydroxyl groups excluding tert-OH is 1. The lowest BCUT2D eigenvalue weighted by Crippen LogP contribution is -2.34. The van der Waals surface area contributed by atoms with Crippen LogP contribution in [-0.4, -0.2) is 44.8 Å². The van der Waals surface area contributed by atoms with Crippen LogP contribution in [0.15, 0.2) is 23.1 Å². The molecule has 1 atom stereocenters. The summed E-state index contributed by atoms with van der Waals surface area (Å²) in [7, 11) is -2.08. The first-order valence-electron chi connectivity index (χ1n) is 6.82. The highest BCUT2D eigenvalue weighted by molar-refractivity contribution is 7.99. The van der Waals surface area contributed by atoms with Crippen LogP contribution in [0, 0.1) is 0 Å². The average Bonchev–Trinajstić information content (AvgIpc) is 2.44. The lowest BCUT2D eigenvalue weighted by molar-refractivity contribution is 0.298. The summed E-state index contributed by atoms with van der Waals surface area (Å²) in [5, 5.41) is 9.11. The normalized spacial score (nSPS) is 13.1. The summed E-state index contributed by atoms with van der Waals surface area (Å²) in [6.07, 6.45) is 0.269. The van der Waals surface area contributed by atoms with Crippen molar-refractivity contribution in [3.05, 3.63) is 23.8 Å². The van der Waals surface area contributed by atoms with Gasteiger partial charge in [0.1, 0.15) is 5.75 Å². The highest BCUT2D eigenvalue weighted by Crippen LogP contribution is 2.22. The van der Waals surface area contributed by atoms with Crippen molar-refractivity contribution in [3.63, 3.8) is 0 Å². The Hall–Kier alpha value is -0.760. The Bertz CT molecular complexity index is 546. The van der Waals surface area contributed by atoms with Gasteiger partial charge in [-0.3, -0.25) is 0 Å². The van der Waals surface area contributed by atoms with E-state index in [0.717, 1.165) is 11.5 Å². The Morgan fingerprint density at radius 2 is 2.14 bits per heavy atom. The number of rotatable bonds is 9. The molecule has 120 valence electrons. The summed E-state index contributed by atoms with van der Waals surface area (Å²) in [4.78, 5) is 0.200. The zero-order chi connectivity index (χ0) is 15.9. The second kappa shape index (κ2) is 8.63. The van der Waals surface area contributed by atoms with Crippen LogP contribution in [0.25, 0.3) is 0 Å². The molecule has 0 amide bonds. The quantitative estimate of drug-likeness (QED) is 0.719. The number of thioether (sulfide) groups is 1. The van der Waals surface area contributed by atoms with Crippen LogP contribution in [0.5, 0.6) is 5.75 Å². The molecule has 0 bridgehead atoms. The molecule has 0 spiro atoms. The predicted molar refractivity (Wildman–Crippen MR) is 86.6 cm³/mol. The molecule has 1 aromatic rings. The van der Waals surface area contributed by atoms with E-state index < -0.39 is 10.0 Å². The van der Waals surface area contributed by atoms with Gasteiger partial charge in [-0.05, 0) is 42.9 Å². The maximum Gasteiger partial charge on any atom is 0.241 e. The third-order valence-corrected chi connectivity index (χ3v) is 5.70. The molecule has 1 aromatic carbocycles. The van der Waals surface area contributed by atoms with Gasteiger partial charge in [-0.25, -0.2) is 13.1 Å². The monoisotopic (exact) mass is 333 g/mol. The van der Waals surface area contributed by atoms with Gasteiger partial charge in [0.05, 0.1) is 12.0 Å². The lowest BCUT2D eigenvalue weighted by atomic mass is 10.1. The zero-order valence-electron chi connectivity index (χ0n) is 12.6. The minimum atomic E-state index is -3.60. The summed E-state index contributed by atoms with van der Waals surface area (Å²) in [5.41, 5.74) is 0.555. The number of methoxy groups -OCH3 is 1. The van der Waals surface area contributed by atoms with Crippen molar-refractivity contribution in [2.45, 2.75) is 31.2 Å². The Labute approximate surface area is 131 Å². The van der Waals surface area contributed by atoms with Crippen molar-refractivity contribution >= 4 is 21.8 Å². The van der Waals surface area contributed by atoms with E-state index in [-0.39, 0.29) is 24.0 Å². The van der Waals surface area contributed by atoms with Gasteiger partial charge < -0.3 is 9.84 Å². The molecule has 0 radical (unpaired) electrons. The van der Waals surface area contributed by atoms with Crippen LogP contribution in [-0.2, 0) is 16.4 Å². The molecule has 2 N–H and O–H groups in total. The Balaban J connectivity index is 3.01. The second-order valence-electron chi connectivity index (χ2n) is 4.63.